The van der Waals surface area contributed by atoms with E-state index in [1.807, 2.05) is 0 Å². The van der Waals surface area contributed by atoms with E-state index in [2.05, 4.69) is 73.2 Å². The van der Waals surface area contributed by atoms with Gasteiger partial charge in [-0.15, -0.1) is 0 Å². The summed E-state index contributed by atoms with van der Waals surface area (Å²) in [6.07, 6.45) is 0. The molecular formula is C13H20BrN. The molecule has 0 saturated carbocycles. The van der Waals surface area contributed by atoms with Crippen molar-refractivity contribution < 1.29 is 0 Å². The second-order valence-electron chi connectivity index (χ2n) is 4.48. The van der Waals surface area contributed by atoms with Gasteiger partial charge in [0.2, 0.25) is 0 Å². The van der Waals surface area contributed by atoms with Crippen molar-refractivity contribution in [2.45, 2.75) is 39.8 Å². The van der Waals surface area contributed by atoms with E-state index in [1.165, 1.54) is 5.56 Å². The predicted octanol–water partition coefficient (Wildman–Crippen LogP) is 4.14. The van der Waals surface area contributed by atoms with E-state index in [0.717, 1.165) is 4.47 Å². The van der Waals surface area contributed by atoms with Gasteiger partial charge in [-0.25, -0.2) is 0 Å². The molecule has 0 heterocycles. The standard InChI is InChI=1S/C13H20BrN/c1-9(2)10(3)15-11(4)12-6-5-7-13(14)8-12/h5-11,15H,1-4H3/t10-,11-/m1/s1. The zero-order valence-corrected chi connectivity index (χ0v) is 11.5. The lowest BCUT2D eigenvalue weighted by Gasteiger charge is -2.23. The summed E-state index contributed by atoms with van der Waals surface area (Å²) in [6, 6.07) is 9.42. The third-order valence-corrected chi connectivity index (χ3v) is 3.35. The van der Waals surface area contributed by atoms with E-state index in [1.54, 1.807) is 0 Å². The number of hydrogen-bond acceptors (Lipinski definition) is 1. The maximum Gasteiger partial charge on any atom is 0.0294 e. The molecule has 2 atom stereocenters. The lowest BCUT2D eigenvalue weighted by molar-refractivity contribution is 0.389. The van der Waals surface area contributed by atoms with E-state index in [9.17, 15) is 0 Å². The van der Waals surface area contributed by atoms with Crippen LogP contribution in [0.15, 0.2) is 28.7 Å². The van der Waals surface area contributed by atoms with Crippen LogP contribution in [-0.4, -0.2) is 6.04 Å². The number of hydrogen-bond donors (Lipinski definition) is 1. The zero-order valence-electron chi connectivity index (χ0n) is 9.92. The summed E-state index contributed by atoms with van der Waals surface area (Å²) in [5.41, 5.74) is 1.33. The fourth-order valence-corrected chi connectivity index (χ4v) is 1.88. The molecule has 2 heteroatoms. The first-order chi connectivity index (χ1) is 7.00. The second-order valence-corrected chi connectivity index (χ2v) is 5.39. The van der Waals surface area contributed by atoms with Crippen molar-refractivity contribution in [1.29, 1.82) is 0 Å². The third-order valence-electron chi connectivity index (χ3n) is 2.86. The Labute approximate surface area is 101 Å². The average molecular weight is 270 g/mol. The quantitative estimate of drug-likeness (QED) is 0.866. The molecule has 0 bridgehead atoms. The Balaban J connectivity index is 2.64. The fourth-order valence-electron chi connectivity index (χ4n) is 1.46. The summed E-state index contributed by atoms with van der Waals surface area (Å²) >= 11 is 3.50. The van der Waals surface area contributed by atoms with Gasteiger partial charge in [0.15, 0.2) is 0 Å². The van der Waals surface area contributed by atoms with Gasteiger partial charge in [-0.2, -0.15) is 0 Å². The van der Waals surface area contributed by atoms with Crippen molar-refractivity contribution in [3.8, 4) is 0 Å². The van der Waals surface area contributed by atoms with Crippen molar-refractivity contribution in [3.63, 3.8) is 0 Å². The van der Waals surface area contributed by atoms with Gasteiger partial charge in [0.1, 0.15) is 0 Å². The van der Waals surface area contributed by atoms with Gasteiger partial charge < -0.3 is 5.32 Å². The van der Waals surface area contributed by atoms with Crippen LogP contribution in [0.1, 0.15) is 39.3 Å². The van der Waals surface area contributed by atoms with Crippen LogP contribution in [0.4, 0.5) is 0 Å². The Bertz CT molecular complexity index is 309. The minimum absolute atomic E-state index is 0.403. The summed E-state index contributed by atoms with van der Waals surface area (Å²) < 4.78 is 1.14. The number of halogens is 1. The maximum atomic E-state index is 3.60. The van der Waals surface area contributed by atoms with E-state index < -0.39 is 0 Å². The molecule has 1 N–H and O–H groups in total. The first-order valence-corrected chi connectivity index (χ1v) is 6.31. The van der Waals surface area contributed by atoms with Crippen molar-refractivity contribution in [2.75, 3.05) is 0 Å². The highest BCUT2D eigenvalue weighted by Gasteiger charge is 2.11. The maximum absolute atomic E-state index is 3.60. The molecular weight excluding hydrogens is 250 g/mol. The predicted molar refractivity (Wildman–Crippen MR) is 70.0 cm³/mol. The van der Waals surface area contributed by atoms with E-state index >= 15 is 0 Å². The minimum atomic E-state index is 0.403. The van der Waals surface area contributed by atoms with Crippen LogP contribution >= 0.6 is 15.9 Å². The van der Waals surface area contributed by atoms with Crippen LogP contribution in [0.2, 0.25) is 0 Å². The van der Waals surface area contributed by atoms with Crippen molar-refractivity contribution >= 4 is 15.9 Å². The molecule has 0 aromatic heterocycles. The van der Waals surface area contributed by atoms with Crippen molar-refractivity contribution in [3.05, 3.63) is 34.3 Å². The molecule has 1 rings (SSSR count). The lowest BCUT2D eigenvalue weighted by atomic mass is 10.0. The Morgan fingerprint density at radius 1 is 1.13 bits per heavy atom. The van der Waals surface area contributed by atoms with Gasteiger partial charge in [0.05, 0.1) is 0 Å². The molecule has 0 spiro atoms. The molecule has 84 valence electrons. The normalized spacial score (nSPS) is 15.3. The van der Waals surface area contributed by atoms with Crippen LogP contribution < -0.4 is 5.32 Å². The Kier molecular flexibility index (Phi) is 4.81. The van der Waals surface area contributed by atoms with Crippen LogP contribution in [0, 0.1) is 5.92 Å². The third kappa shape index (κ3) is 3.96. The molecule has 0 aliphatic carbocycles. The molecule has 1 aromatic rings. The molecule has 15 heavy (non-hydrogen) atoms. The highest BCUT2D eigenvalue weighted by Crippen LogP contribution is 2.19. The van der Waals surface area contributed by atoms with E-state index in [0.29, 0.717) is 18.0 Å². The number of rotatable bonds is 4. The smallest absolute Gasteiger partial charge is 0.0294 e. The molecule has 0 radical (unpaired) electrons. The summed E-state index contributed by atoms with van der Waals surface area (Å²) in [5, 5.41) is 3.60. The van der Waals surface area contributed by atoms with Crippen molar-refractivity contribution in [2.24, 2.45) is 5.92 Å². The monoisotopic (exact) mass is 269 g/mol. The Morgan fingerprint density at radius 3 is 2.33 bits per heavy atom. The fraction of sp³-hybridized carbons (Fsp3) is 0.538. The highest BCUT2D eigenvalue weighted by atomic mass is 79.9. The topological polar surface area (TPSA) is 12.0 Å². The second kappa shape index (κ2) is 5.66. The summed E-state index contributed by atoms with van der Waals surface area (Å²) in [5.74, 6) is 0.666. The van der Waals surface area contributed by atoms with E-state index in [-0.39, 0.29) is 0 Å². The Morgan fingerprint density at radius 2 is 1.80 bits per heavy atom. The molecule has 0 fully saturated rings. The van der Waals surface area contributed by atoms with Gasteiger partial charge in [-0.1, -0.05) is 41.9 Å². The molecule has 0 unspecified atom stereocenters. The summed E-state index contributed by atoms with van der Waals surface area (Å²) in [7, 11) is 0. The molecule has 0 aliphatic heterocycles. The number of nitrogens with one attached hydrogen (secondary N) is 1. The number of benzene rings is 1. The van der Waals surface area contributed by atoms with E-state index in [4.69, 9.17) is 0 Å². The van der Waals surface area contributed by atoms with Gasteiger partial charge in [0.25, 0.3) is 0 Å². The first-order valence-electron chi connectivity index (χ1n) is 5.52. The Hall–Kier alpha value is -0.340. The SMILES string of the molecule is CC(C)[C@@H](C)N[C@H](C)c1cccc(Br)c1. The van der Waals surface area contributed by atoms with Gasteiger partial charge in [0, 0.05) is 16.6 Å². The molecule has 1 aromatic carbocycles. The minimum Gasteiger partial charge on any atom is -0.307 e. The molecule has 1 nitrogen and oxygen atoms in total. The molecule has 0 saturated heterocycles. The van der Waals surface area contributed by atoms with Gasteiger partial charge in [-0.05, 0) is 37.5 Å². The van der Waals surface area contributed by atoms with Crippen LogP contribution in [-0.2, 0) is 0 Å². The summed E-state index contributed by atoms with van der Waals surface area (Å²) in [4.78, 5) is 0. The average Bonchev–Trinajstić information content (AvgIpc) is 2.17. The van der Waals surface area contributed by atoms with Crippen molar-refractivity contribution in [1.82, 2.24) is 5.32 Å². The van der Waals surface area contributed by atoms with Gasteiger partial charge in [-0.3, -0.25) is 0 Å². The van der Waals surface area contributed by atoms with Gasteiger partial charge >= 0.3 is 0 Å². The largest absolute Gasteiger partial charge is 0.307 e. The van der Waals surface area contributed by atoms with Crippen LogP contribution in [0.5, 0.6) is 0 Å². The highest BCUT2D eigenvalue weighted by molar-refractivity contribution is 9.10. The van der Waals surface area contributed by atoms with Crippen LogP contribution in [0.25, 0.3) is 0 Å². The first kappa shape index (κ1) is 12.7. The lowest BCUT2D eigenvalue weighted by Crippen LogP contribution is -2.32. The molecule has 0 aliphatic rings. The van der Waals surface area contributed by atoms with Crippen LogP contribution in [0.3, 0.4) is 0 Å². The zero-order chi connectivity index (χ0) is 11.4. The molecule has 0 amide bonds. The summed E-state index contributed by atoms with van der Waals surface area (Å²) in [6.45, 7) is 8.93.